The summed E-state index contributed by atoms with van der Waals surface area (Å²) < 4.78 is 16.3. The Morgan fingerprint density at radius 2 is 1.93 bits per heavy atom. The summed E-state index contributed by atoms with van der Waals surface area (Å²) in [4.78, 5) is 29.2. The van der Waals surface area contributed by atoms with E-state index in [1.54, 1.807) is 42.6 Å². The molecule has 0 bridgehead atoms. The summed E-state index contributed by atoms with van der Waals surface area (Å²) in [5.41, 5.74) is -0.0516. The van der Waals surface area contributed by atoms with Crippen LogP contribution in [0.5, 0.6) is 11.5 Å². The van der Waals surface area contributed by atoms with Gasteiger partial charge in [0, 0.05) is 23.0 Å². The minimum atomic E-state index is -0.792. The van der Waals surface area contributed by atoms with Gasteiger partial charge >= 0.3 is 11.6 Å². The number of hydrogen-bond donors (Lipinski definition) is 0. The minimum Gasteiger partial charge on any atom is -0.493 e. The monoisotopic (exact) mass is 375 g/mol. The van der Waals surface area contributed by atoms with Gasteiger partial charge in [0.1, 0.15) is 22.4 Å². The maximum Gasteiger partial charge on any atom is 0.351 e. The molecule has 0 amide bonds. The SMILES string of the molecule is CCCOc1ccc2cc(C(=O)Oc3cccc4cccnc34)c(=O)oc2c1. The second-order valence-electron chi connectivity index (χ2n) is 6.22. The summed E-state index contributed by atoms with van der Waals surface area (Å²) in [6, 6.07) is 15.5. The minimum absolute atomic E-state index is 0.178. The molecule has 28 heavy (non-hydrogen) atoms. The first-order chi connectivity index (χ1) is 13.7. The van der Waals surface area contributed by atoms with Crippen molar-refractivity contribution in [2.45, 2.75) is 13.3 Å². The van der Waals surface area contributed by atoms with Gasteiger partial charge in [0.2, 0.25) is 0 Å². The molecule has 4 rings (SSSR count). The first-order valence-electron chi connectivity index (χ1n) is 8.92. The average molecular weight is 375 g/mol. The largest absolute Gasteiger partial charge is 0.493 e. The summed E-state index contributed by atoms with van der Waals surface area (Å²) in [7, 11) is 0. The van der Waals surface area contributed by atoms with Crippen molar-refractivity contribution in [2.75, 3.05) is 6.61 Å². The third-order valence-electron chi connectivity index (χ3n) is 4.20. The van der Waals surface area contributed by atoms with Crippen molar-refractivity contribution in [3.05, 3.63) is 76.8 Å². The van der Waals surface area contributed by atoms with Crippen LogP contribution in [0.2, 0.25) is 0 Å². The van der Waals surface area contributed by atoms with Crippen molar-refractivity contribution in [3.8, 4) is 11.5 Å². The smallest absolute Gasteiger partial charge is 0.351 e. The van der Waals surface area contributed by atoms with Crippen LogP contribution < -0.4 is 15.1 Å². The highest BCUT2D eigenvalue weighted by atomic mass is 16.5. The lowest BCUT2D eigenvalue weighted by molar-refractivity contribution is 0.0732. The molecule has 2 aromatic heterocycles. The van der Waals surface area contributed by atoms with Gasteiger partial charge in [0.25, 0.3) is 0 Å². The Balaban J connectivity index is 1.67. The average Bonchev–Trinajstić information content (AvgIpc) is 2.71. The third-order valence-corrected chi connectivity index (χ3v) is 4.20. The molecule has 0 fully saturated rings. The van der Waals surface area contributed by atoms with Crippen LogP contribution in [0.25, 0.3) is 21.9 Å². The molecule has 0 spiro atoms. The van der Waals surface area contributed by atoms with Gasteiger partial charge in [-0.2, -0.15) is 0 Å². The van der Waals surface area contributed by atoms with E-state index in [4.69, 9.17) is 13.9 Å². The quantitative estimate of drug-likeness (QED) is 0.293. The predicted molar refractivity (Wildman–Crippen MR) is 105 cm³/mol. The number of carbonyl (C=O) groups is 1. The van der Waals surface area contributed by atoms with E-state index >= 15 is 0 Å². The number of fused-ring (bicyclic) bond motifs is 2. The van der Waals surface area contributed by atoms with Crippen molar-refractivity contribution in [2.24, 2.45) is 0 Å². The Kier molecular flexibility index (Phi) is 4.76. The van der Waals surface area contributed by atoms with Gasteiger partial charge in [-0.25, -0.2) is 9.59 Å². The lowest BCUT2D eigenvalue weighted by Gasteiger charge is -2.08. The van der Waals surface area contributed by atoms with Gasteiger partial charge in [-0.1, -0.05) is 25.1 Å². The molecule has 0 saturated heterocycles. The number of nitrogens with zero attached hydrogens (tertiary/aromatic N) is 1. The van der Waals surface area contributed by atoms with E-state index in [1.807, 2.05) is 19.1 Å². The van der Waals surface area contributed by atoms with Crippen molar-refractivity contribution < 1.29 is 18.7 Å². The molecule has 0 radical (unpaired) electrons. The van der Waals surface area contributed by atoms with Gasteiger partial charge in [0.05, 0.1) is 6.61 Å². The maximum atomic E-state index is 12.6. The van der Waals surface area contributed by atoms with Crippen LogP contribution in [-0.4, -0.2) is 17.6 Å². The molecule has 0 saturated carbocycles. The number of benzene rings is 2. The maximum absolute atomic E-state index is 12.6. The number of aromatic nitrogens is 1. The molecule has 0 aliphatic rings. The summed E-state index contributed by atoms with van der Waals surface area (Å²) in [6.45, 7) is 2.57. The molecular weight excluding hydrogens is 358 g/mol. The molecule has 2 heterocycles. The Morgan fingerprint density at radius 1 is 1.07 bits per heavy atom. The molecule has 140 valence electrons. The summed E-state index contributed by atoms with van der Waals surface area (Å²) in [5.74, 6) is 0.0979. The fraction of sp³-hybridized carbons (Fsp3) is 0.136. The number of hydrogen-bond acceptors (Lipinski definition) is 6. The fourth-order valence-electron chi connectivity index (χ4n) is 2.86. The van der Waals surface area contributed by atoms with Crippen molar-refractivity contribution >= 4 is 27.8 Å². The zero-order chi connectivity index (χ0) is 19.5. The number of pyridine rings is 1. The van der Waals surface area contributed by atoms with Crippen LogP contribution in [-0.2, 0) is 0 Å². The number of ether oxygens (including phenoxy) is 2. The highest BCUT2D eigenvalue weighted by molar-refractivity contribution is 5.96. The Bertz CT molecular complexity index is 1220. The van der Waals surface area contributed by atoms with E-state index in [1.165, 1.54) is 6.07 Å². The van der Waals surface area contributed by atoms with Crippen molar-refractivity contribution in [1.29, 1.82) is 0 Å². The van der Waals surface area contributed by atoms with Gasteiger partial charge in [0.15, 0.2) is 5.75 Å². The molecule has 2 aromatic carbocycles. The normalized spacial score (nSPS) is 10.9. The van der Waals surface area contributed by atoms with Crippen LogP contribution in [0.15, 0.2) is 70.0 Å². The second-order valence-corrected chi connectivity index (χ2v) is 6.22. The molecule has 0 N–H and O–H groups in total. The molecule has 4 aromatic rings. The lowest BCUT2D eigenvalue weighted by Crippen LogP contribution is -2.18. The third kappa shape index (κ3) is 3.44. The van der Waals surface area contributed by atoms with Gasteiger partial charge in [-0.3, -0.25) is 4.98 Å². The number of para-hydroxylation sites is 1. The summed E-state index contributed by atoms with van der Waals surface area (Å²) in [5, 5.41) is 1.43. The molecule has 0 atom stereocenters. The number of esters is 1. The Labute approximate surface area is 160 Å². The predicted octanol–water partition coefficient (Wildman–Crippen LogP) is 4.35. The van der Waals surface area contributed by atoms with Crippen LogP contribution >= 0.6 is 0 Å². The molecule has 0 aliphatic heterocycles. The number of carbonyl (C=O) groups excluding carboxylic acids is 1. The van der Waals surface area contributed by atoms with Crippen LogP contribution in [0.4, 0.5) is 0 Å². The zero-order valence-corrected chi connectivity index (χ0v) is 15.2. The van der Waals surface area contributed by atoms with Gasteiger partial charge in [-0.05, 0) is 36.8 Å². The van der Waals surface area contributed by atoms with Gasteiger partial charge < -0.3 is 13.9 Å². The molecule has 0 unspecified atom stereocenters. The standard InChI is InChI=1S/C22H17NO5/c1-2-11-26-16-9-8-15-12-17(22(25)28-19(15)13-16)21(24)27-18-7-3-5-14-6-4-10-23-20(14)18/h3-10,12-13H,2,11H2,1H3. The van der Waals surface area contributed by atoms with E-state index in [0.717, 1.165) is 11.8 Å². The van der Waals surface area contributed by atoms with Crippen molar-refractivity contribution in [3.63, 3.8) is 0 Å². The second kappa shape index (κ2) is 7.52. The molecule has 0 aliphatic carbocycles. The van der Waals surface area contributed by atoms with Crippen molar-refractivity contribution in [1.82, 2.24) is 4.98 Å². The van der Waals surface area contributed by atoms with E-state index in [-0.39, 0.29) is 11.3 Å². The highest BCUT2D eigenvalue weighted by Gasteiger charge is 2.18. The molecule has 6 heteroatoms. The van der Waals surface area contributed by atoms with Crippen LogP contribution in [0, 0.1) is 0 Å². The Hall–Kier alpha value is -3.67. The molecular formula is C22H17NO5. The fourth-order valence-corrected chi connectivity index (χ4v) is 2.86. The summed E-state index contributed by atoms with van der Waals surface area (Å²) in [6.07, 6.45) is 2.48. The number of rotatable bonds is 5. The topological polar surface area (TPSA) is 78.6 Å². The van der Waals surface area contributed by atoms with Crippen LogP contribution in [0.3, 0.4) is 0 Å². The van der Waals surface area contributed by atoms with E-state index in [0.29, 0.717) is 28.8 Å². The lowest BCUT2D eigenvalue weighted by atomic mass is 10.1. The van der Waals surface area contributed by atoms with E-state index in [2.05, 4.69) is 4.98 Å². The Morgan fingerprint density at radius 3 is 2.79 bits per heavy atom. The first-order valence-corrected chi connectivity index (χ1v) is 8.92. The van der Waals surface area contributed by atoms with Crippen LogP contribution in [0.1, 0.15) is 23.7 Å². The van der Waals surface area contributed by atoms with E-state index < -0.39 is 11.6 Å². The highest BCUT2D eigenvalue weighted by Crippen LogP contribution is 2.25. The summed E-state index contributed by atoms with van der Waals surface area (Å²) >= 11 is 0. The molecule has 6 nitrogen and oxygen atoms in total. The first kappa shape index (κ1) is 17.7. The van der Waals surface area contributed by atoms with Gasteiger partial charge in [-0.15, -0.1) is 0 Å². The van der Waals surface area contributed by atoms with E-state index in [9.17, 15) is 9.59 Å². The zero-order valence-electron chi connectivity index (χ0n) is 15.2.